The number of amides is 1. The fourth-order valence-electron chi connectivity index (χ4n) is 4.29. The zero-order valence-corrected chi connectivity index (χ0v) is 16.7. The molecule has 146 valence electrons. The van der Waals surface area contributed by atoms with Crippen LogP contribution in [0.3, 0.4) is 0 Å². The third-order valence-electron chi connectivity index (χ3n) is 5.69. The zero-order valence-electron chi connectivity index (χ0n) is 15.9. The average molecular weight is 405 g/mol. The molecule has 0 unspecified atom stereocenters. The lowest BCUT2D eigenvalue weighted by Crippen LogP contribution is -2.45. The van der Waals surface area contributed by atoms with Gasteiger partial charge in [0, 0.05) is 48.9 Å². The number of aromatic nitrogens is 4. The molecule has 4 aromatic heterocycles. The van der Waals surface area contributed by atoms with E-state index in [-0.39, 0.29) is 18.1 Å². The maximum absolute atomic E-state index is 13.0. The van der Waals surface area contributed by atoms with Crippen molar-refractivity contribution in [1.29, 1.82) is 0 Å². The summed E-state index contributed by atoms with van der Waals surface area (Å²) in [7, 11) is 1.88. The maximum atomic E-state index is 13.0. The van der Waals surface area contributed by atoms with Gasteiger partial charge in [-0.15, -0.1) is 11.3 Å². The number of hydrogen-bond donors (Lipinski definition) is 0. The first-order chi connectivity index (χ1) is 14.1. The lowest BCUT2D eigenvalue weighted by atomic mass is 10.1. The van der Waals surface area contributed by atoms with Gasteiger partial charge in [0.2, 0.25) is 0 Å². The molecule has 2 fully saturated rings. The Kier molecular flexibility index (Phi) is 3.72. The first kappa shape index (κ1) is 17.1. The number of pyridine rings is 2. The van der Waals surface area contributed by atoms with Gasteiger partial charge in [-0.05, 0) is 37.1 Å². The van der Waals surface area contributed by atoms with Gasteiger partial charge in [0.25, 0.3) is 5.91 Å². The monoisotopic (exact) mass is 405 g/mol. The van der Waals surface area contributed by atoms with Crippen molar-refractivity contribution >= 4 is 38.5 Å². The highest BCUT2D eigenvalue weighted by Crippen LogP contribution is 2.31. The summed E-state index contributed by atoms with van der Waals surface area (Å²) in [5, 5.41) is 6.29. The number of carbonyl (C=O) groups is 1. The minimum absolute atomic E-state index is 0.0909. The van der Waals surface area contributed by atoms with Gasteiger partial charge in [-0.1, -0.05) is 0 Å². The predicted octanol–water partition coefficient (Wildman–Crippen LogP) is 3.25. The van der Waals surface area contributed by atoms with Crippen LogP contribution in [-0.4, -0.2) is 55.9 Å². The molecule has 2 aliphatic rings. The van der Waals surface area contributed by atoms with E-state index in [0.717, 1.165) is 50.2 Å². The van der Waals surface area contributed by atoms with E-state index in [1.54, 1.807) is 10.9 Å². The molecule has 0 spiro atoms. The molecule has 2 aliphatic heterocycles. The summed E-state index contributed by atoms with van der Waals surface area (Å²) >= 11 is 1.46. The van der Waals surface area contributed by atoms with Crippen molar-refractivity contribution in [2.24, 2.45) is 7.05 Å². The van der Waals surface area contributed by atoms with Crippen LogP contribution in [0.1, 0.15) is 22.5 Å². The van der Waals surface area contributed by atoms with Gasteiger partial charge < -0.3 is 9.64 Å². The Morgan fingerprint density at radius 3 is 2.83 bits per heavy atom. The van der Waals surface area contributed by atoms with Gasteiger partial charge >= 0.3 is 0 Å². The molecule has 6 rings (SSSR count). The molecule has 0 radical (unpaired) electrons. The lowest BCUT2D eigenvalue weighted by Gasteiger charge is -2.31. The summed E-state index contributed by atoms with van der Waals surface area (Å²) in [4.78, 5) is 25.8. The van der Waals surface area contributed by atoms with Crippen molar-refractivity contribution in [3.63, 3.8) is 0 Å². The first-order valence-electron chi connectivity index (χ1n) is 9.77. The number of rotatable bonds is 2. The number of aryl methyl sites for hydroxylation is 1. The van der Waals surface area contributed by atoms with E-state index in [1.165, 1.54) is 11.3 Å². The van der Waals surface area contributed by atoms with Gasteiger partial charge in [-0.25, -0.2) is 9.97 Å². The third kappa shape index (κ3) is 2.90. The summed E-state index contributed by atoms with van der Waals surface area (Å²) in [5.74, 6) is 0.0909. The van der Waals surface area contributed by atoms with E-state index in [2.05, 4.69) is 10.1 Å². The average Bonchev–Trinajstić information content (AvgIpc) is 3.41. The van der Waals surface area contributed by atoms with E-state index in [0.29, 0.717) is 13.1 Å². The molecule has 6 heterocycles. The molecule has 2 atom stereocenters. The van der Waals surface area contributed by atoms with Crippen LogP contribution in [0.4, 0.5) is 0 Å². The van der Waals surface area contributed by atoms with E-state index in [9.17, 15) is 4.79 Å². The molecule has 29 heavy (non-hydrogen) atoms. The molecule has 2 saturated heterocycles. The number of morpholine rings is 1. The van der Waals surface area contributed by atoms with Crippen LogP contribution in [0, 0.1) is 0 Å². The minimum Gasteiger partial charge on any atom is -0.371 e. The number of thiophene rings is 1. The zero-order chi connectivity index (χ0) is 19.5. The second-order valence-electron chi connectivity index (χ2n) is 7.81. The molecule has 1 amide bonds. The second-order valence-corrected chi connectivity index (χ2v) is 8.84. The van der Waals surface area contributed by atoms with E-state index in [4.69, 9.17) is 9.72 Å². The quantitative estimate of drug-likeness (QED) is 0.512. The number of hydrogen-bond acceptors (Lipinski definition) is 6. The van der Waals surface area contributed by atoms with Crippen LogP contribution in [0.5, 0.6) is 0 Å². The predicted molar refractivity (Wildman–Crippen MR) is 111 cm³/mol. The molecule has 7 nitrogen and oxygen atoms in total. The molecule has 0 aliphatic carbocycles. The number of carbonyl (C=O) groups excluding carboxylic acids is 1. The summed E-state index contributed by atoms with van der Waals surface area (Å²) in [5.41, 5.74) is 2.51. The molecule has 4 aromatic rings. The van der Waals surface area contributed by atoms with Crippen LogP contribution in [-0.2, 0) is 11.8 Å². The van der Waals surface area contributed by atoms with Crippen LogP contribution < -0.4 is 0 Å². The Morgan fingerprint density at radius 2 is 2.00 bits per heavy atom. The Labute approximate surface area is 170 Å². The maximum Gasteiger partial charge on any atom is 0.264 e. The molecule has 0 saturated carbocycles. The SMILES string of the molecule is Cn1cc2cc(-c3ccc4cc(C(=O)N5C[C@@H]6CC[C@@H](C5)O6)sc4n3)cnc2n1. The first-order valence-corrected chi connectivity index (χ1v) is 10.6. The van der Waals surface area contributed by atoms with Crippen molar-refractivity contribution < 1.29 is 9.53 Å². The van der Waals surface area contributed by atoms with E-state index in [1.807, 2.05) is 42.4 Å². The number of fused-ring (bicyclic) bond motifs is 4. The second kappa shape index (κ2) is 6.33. The van der Waals surface area contributed by atoms with Crippen molar-refractivity contribution in [2.45, 2.75) is 25.0 Å². The topological polar surface area (TPSA) is 73.1 Å². The minimum atomic E-state index is 0.0909. The van der Waals surface area contributed by atoms with Crippen LogP contribution in [0.2, 0.25) is 0 Å². The molecular weight excluding hydrogens is 386 g/mol. The number of nitrogens with zero attached hydrogens (tertiary/aromatic N) is 5. The molecule has 0 N–H and O–H groups in total. The molecule has 0 aromatic carbocycles. The van der Waals surface area contributed by atoms with Crippen molar-refractivity contribution in [3.8, 4) is 11.3 Å². The highest BCUT2D eigenvalue weighted by atomic mass is 32.1. The van der Waals surface area contributed by atoms with Crippen molar-refractivity contribution in [3.05, 3.63) is 41.5 Å². The highest BCUT2D eigenvalue weighted by Gasteiger charge is 2.36. The van der Waals surface area contributed by atoms with Crippen LogP contribution in [0.15, 0.2) is 36.7 Å². The van der Waals surface area contributed by atoms with Crippen molar-refractivity contribution in [1.82, 2.24) is 24.6 Å². The molecule has 2 bridgehead atoms. The summed E-state index contributed by atoms with van der Waals surface area (Å²) in [6, 6.07) is 8.02. The normalized spacial score (nSPS) is 21.3. The Hall–Kier alpha value is -2.84. The highest BCUT2D eigenvalue weighted by molar-refractivity contribution is 7.20. The van der Waals surface area contributed by atoms with Gasteiger partial charge in [0.05, 0.1) is 22.8 Å². The Morgan fingerprint density at radius 1 is 1.17 bits per heavy atom. The molecule has 8 heteroatoms. The number of likely N-dealkylation sites (tertiary alicyclic amines) is 1. The Balaban J connectivity index is 1.32. The van der Waals surface area contributed by atoms with Gasteiger partial charge in [-0.3, -0.25) is 9.48 Å². The summed E-state index contributed by atoms with van der Waals surface area (Å²) in [6.07, 6.45) is 6.26. The lowest BCUT2D eigenvalue weighted by molar-refractivity contribution is -0.0302. The smallest absolute Gasteiger partial charge is 0.264 e. The van der Waals surface area contributed by atoms with E-state index >= 15 is 0 Å². The standard InChI is InChI=1S/C21H19N5O2S/c1-25-9-14-6-13(8-22-19(14)24-25)17-5-2-12-7-18(29-20(12)23-17)21(27)26-10-15-3-4-16(11-26)28-15/h2,5-9,15-16H,3-4,10-11H2,1H3/t15-,16-/m0/s1. The number of ether oxygens (including phenoxy) is 1. The molecular formula is C21H19N5O2S. The van der Waals surface area contributed by atoms with Crippen molar-refractivity contribution in [2.75, 3.05) is 13.1 Å². The van der Waals surface area contributed by atoms with Gasteiger partial charge in [0.15, 0.2) is 5.65 Å². The largest absolute Gasteiger partial charge is 0.371 e. The fraction of sp³-hybridized carbons (Fsp3) is 0.333. The van der Waals surface area contributed by atoms with Gasteiger partial charge in [0.1, 0.15) is 4.83 Å². The van der Waals surface area contributed by atoms with Crippen LogP contribution >= 0.6 is 11.3 Å². The summed E-state index contributed by atoms with van der Waals surface area (Å²) in [6.45, 7) is 1.39. The Bertz CT molecular complexity index is 1250. The van der Waals surface area contributed by atoms with Crippen LogP contribution in [0.25, 0.3) is 32.5 Å². The third-order valence-corrected chi connectivity index (χ3v) is 6.73. The summed E-state index contributed by atoms with van der Waals surface area (Å²) < 4.78 is 7.61. The fourth-order valence-corrected chi connectivity index (χ4v) is 5.29. The van der Waals surface area contributed by atoms with Gasteiger partial charge in [-0.2, -0.15) is 5.10 Å². The van der Waals surface area contributed by atoms with E-state index < -0.39 is 0 Å².